The Morgan fingerprint density at radius 2 is 1.74 bits per heavy atom. The molecule has 1 aromatic heterocycles. The number of hydrogen-bond acceptors (Lipinski definition) is 5. The lowest BCUT2D eigenvalue weighted by Gasteiger charge is -2.29. The Morgan fingerprint density at radius 1 is 1.03 bits per heavy atom. The van der Waals surface area contributed by atoms with Crippen molar-refractivity contribution in [3.05, 3.63) is 65.9 Å². The van der Waals surface area contributed by atoms with Gasteiger partial charge in [0.25, 0.3) is 0 Å². The number of rotatable bonds is 4. The molecule has 1 aliphatic heterocycles. The van der Waals surface area contributed by atoms with Crippen molar-refractivity contribution in [1.82, 2.24) is 9.78 Å². The summed E-state index contributed by atoms with van der Waals surface area (Å²) in [6.07, 6.45) is -4.50. The van der Waals surface area contributed by atoms with E-state index in [1.54, 1.807) is 0 Å². The first-order chi connectivity index (χ1) is 14.9. The SMILES string of the molecule is COC(=O)c1cc(-c2cccc(N3CCOCC3)c2)n(-c2cccc(C(F)(F)F)c2)n1. The number of halogens is 3. The van der Waals surface area contributed by atoms with Gasteiger partial charge in [0.15, 0.2) is 5.69 Å². The second-order valence-corrected chi connectivity index (χ2v) is 7.02. The van der Waals surface area contributed by atoms with E-state index >= 15 is 0 Å². The first-order valence-corrected chi connectivity index (χ1v) is 9.66. The molecule has 0 unspecified atom stereocenters. The average Bonchev–Trinajstić information content (AvgIpc) is 3.24. The van der Waals surface area contributed by atoms with E-state index < -0.39 is 17.7 Å². The van der Waals surface area contributed by atoms with Gasteiger partial charge in [-0.3, -0.25) is 0 Å². The Balaban J connectivity index is 1.81. The zero-order valence-corrected chi connectivity index (χ0v) is 16.7. The molecular weight excluding hydrogens is 411 g/mol. The summed E-state index contributed by atoms with van der Waals surface area (Å²) in [6.45, 7) is 2.73. The van der Waals surface area contributed by atoms with Crippen LogP contribution in [0, 0.1) is 0 Å². The number of morpholine rings is 1. The Hall–Kier alpha value is -3.33. The lowest BCUT2D eigenvalue weighted by atomic mass is 10.1. The van der Waals surface area contributed by atoms with E-state index in [1.165, 1.54) is 30.0 Å². The van der Waals surface area contributed by atoms with Crippen LogP contribution in [0.25, 0.3) is 16.9 Å². The number of anilines is 1. The van der Waals surface area contributed by atoms with Crippen LogP contribution in [0.2, 0.25) is 0 Å². The summed E-state index contributed by atoms with van der Waals surface area (Å²) in [7, 11) is 1.23. The molecule has 0 spiro atoms. The van der Waals surface area contributed by atoms with Crippen LogP contribution in [0.3, 0.4) is 0 Å². The number of carbonyl (C=O) groups excluding carboxylic acids is 1. The summed E-state index contributed by atoms with van der Waals surface area (Å²) in [6, 6.07) is 13.9. The van der Waals surface area contributed by atoms with Crippen LogP contribution in [0.15, 0.2) is 54.6 Å². The average molecular weight is 431 g/mol. The van der Waals surface area contributed by atoms with Crippen molar-refractivity contribution in [2.45, 2.75) is 6.18 Å². The van der Waals surface area contributed by atoms with E-state index in [0.29, 0.717) is 24.5 Å². The molecule has 0 aliphatic carbocycles. The molecule has 4 rings (SSSR count). The van der Waals surface area contributed by atoms with E-state index in [2.05, 4.69) is 10.00 Å². The maximum atomic E-state index is 13.2. The van der Waals surface area contributed by atoms with Gasteiger partial charge in [0.05, 0.1) is 37.3 Å². The highest BCUT2D eigenvalue weighted by molar-refractivity contribution is 5.89. The van der Waals surface area contributed by atoms with Gasteiger partial charge >= 0.3 is 12.1 Å². The molecule has 162 valence electrons. The summed E-state index contributed by atoms with van der Waals surface area (Å²) >= 11 is 0. The van der Waals surface area contributed by atoms with Gasteiger partial charge in [-0.05, 0) is 36.4 Å². The molecule has 1 aliphatic rings. The van der Waals surface area contributed by atoms with E-state index in [1.807, 2.05) is 24.3 Å². The summed E-state index contributed by atoms with van der Waals surface area (Å²) in [4.78, 5) is 14.2. The largest absolute Gasteiger partial charge is 0.464 e. The quantitative estimate of drug-likeness (QED) is 0.580. The summed E-state index contributed by atoms with van der Waals surface area (Å²) in [5.41, 5.74) is 1.55. The lowest BCUT2D eigenvalue weighted by Crippen LogP contribution is -2.36. The third-order valence-corrected chi connectivity index (χ3v) is 5.04. The standard InChI is InChI=1S/C22H20F3N3O3/c1-30-21(29)19-14-20(15-4-2-6-17(12-15)27-8-10-31-11-9-27)28(26-19)18-7-3-5-16(13-18)22(23,24)25/h2-7,12-14H,8-11H2,1H3. The maximum absolute atomic E-state index is 13.2. The van der Waals surface area contributed by atoms with Gasteiger partial charge in [-0.15, -0.1) is 0 Å². The van der Waals surface area contributed by atoms with Crippen LogP contribution < -0.4 is 4.90 Å². The number of benzene rings is 2. The zero-order valence-electron chi connectivity index (χ0n) is 16.7. The topological polar surface area (TPSA) is 56.6 Å². The van der Waals surface area contributed by atoms with E-state index in [-0.39, 0.29) is 11.4 Å². The summed E-state index contributed by atoms with van der Waals surface area (Å²) in [5.74, 6) is -0.670. The van der Waals surface area contributed by atoms with Crippen LogP contribution in [0.5, 0.6) is 0 Å². The molecule has 0 bridgehead atoms. The minimum absolute atomic E-state index is 0.00619. The normalized spacial score (nSPS) is 14.5. The molecule has 3 aromatic rings. The summed E-state index contributed by atoms with van der Waals surface area (Å²) in [5, 5.41) is 4.23. The maximum Gasteiger partial charge on any atom is 0.416 e. The van der Waals surface area contributed by atoms with Crippen molar-refractivity contribution in [2.75, 3.05) is 38.3 Å². The molecule has 1 saturated heterocycles. The van der Waals surface area contributed by atoms with E-state index in [0.717, 1.165) is 30.9 Å². The van der Waals surface area contributed by atoms with Crippen LogP contribution in [-0.2, 0) is 15.7 Å². The lowest BCUT2D eigenvalue weighted by molar-refractivity contribution is -0.137. The summed E-state index contributed by atoms with van der Waals surface area (Å²) < 4.78 is 51.2. The second kappa shape index (κ2) is 8.43. The van der Waals surface area contributed by atoms with Crippen LogP contribution in [-0.4, -0.2) is 49.2 Å². The fourth-order valence-corrected chi connectivity index (χ4v) is 3.49. The third kappa shape index (κ3) is 4.41. The Bertz CT molecular complexity index is 1090. The number of carbonyl (C=O) groups is 1. The zero-order chi connectivity index (χ0) is 22.0. The van der Waals surface area contributed by atoms with Crippen molar-refractivity contribution in [2.24, 2.45) is 0 Å². The molecule has 31 heavy (non-hydrogen) atoms. The number of aromatic nitrogens is 2. The monoisotopic (exact) mass is 431 g/mol. The van der Waals surface area contributed by atoms with Crippen molar-refractivity contribution in [1.29, 1.82) is 0 Å². The molecule has 0 amide bonds. The Morgan fingerprint density at radius 3 is 2.45 bits per heavy atom. The molecule has 9 heteroatoms. The highest BCUT2D eigenvalue weighted by Gasteiger charge is 2.31. The molecule has 0 atom stereocenters. The number of methoxy groups -OCH3 is 1. The van der Waals surface area contributed by atoms with Crippen LogP contribution >= 0.6 is 0 Å². The van der Waals surface area contributed by atoms with Crippen molar-refractivity contribution >= 4 is 11.7 Å². The number of esters is 1. The molecule has 2 heterocycles. The minimum atomic E-state index is -4.50. The van der Waals surface area contributed by atoms with Gasteiger partial charge in [0, 0.05) is 24.3 Å². The molecule has 0 radical (unpaired) electrons. The Labute approximate surface area is 176 Å². The van der Waals surface area contributed by atoms with Crippen LogP contribution in [0.4, 0.5) is 18.9 Å². The first kappa shape index (κ1) is 20.9. The number of ether oxygens (including phenoxy) is 2. The highest BCUT2D eigenvalue weighted by Crippen LogP contribution is 2.32. The number of nitrogens with zero attached hydrogens (tertiary/aromatic N) is 3. The second-order valence-electron chi connectivity index (χ2n) is 7.02. The van der Waals surface area contributed by atoms with Gasteiger partial charge in [0.1, 0.15) is 0 Å². The van der Waals surface area contributed by atoms with Gasteiger partial charge in [-0.25, -0.2) is 9.48 Å². The molecule has 0 N–H and O–H groups in total. The van der Waals surface area contributed by atoms with Gasteiger partial charge < -0.3 is 14.4 Å². The number of hydrogen-bond donors (Lipinski definition) is 0. The Kier molecular flexibility index (Phi) is 5.69. The van der Waals surface area contributed by atoms with Crippen molar-refractivity contribution < 1.29 is 27.4 Å². The van der Waals surface area contributed by atoms with E-state index in [9.17, 15) is 18.0 Å². The van der Waals surface area contributed by atoms with Crippen molar-refractivity contribution in [3.63, 3.8) is 0 Å². The molecule has 6 nitrogen and oxygen atoms in total. The predicted octanol–water partition coefficient (Wildman–Crippen LogP) is 4.18. The fraction of sp³-hybridized carbons (Fsp3) is 0.273. The third-order valence-electron chi connectivity index (χ3n) is 5.04. The van der Waals surface area contributed by atoms with Gasteiger partial charge in [-0.2, -0.15) is 18.3 Å². The van der Waals surface area contributed by atoms with Crippen molar-refractivity contribution in [3.8, 4) is 16.9 Å². The smallest absolute Gasteiger partial charge is 0.416 e. The minimum Gasteiger partial charge on any atom is -0.464 e. The molecule has 0 saturated carbocycles. The molecule has 2 aromatic carbocycles. The van der Waals surface area contributed by atoms with Gasteiger partial charge in [0.2, 0.25) is 0 Å². The van der Waals surface area contributed by atoms with Crippen LogP contribution in [0.1, 0.15) is 16.1 Å². The fourth-order valence-electron chi connectivity index (χ4n) is 3.49. The van der Waals surface area contributed by atoms with E-state index in [4.69, 9.17) is 9.47 Å². The number of alkyl halides is 3. The molecular formula is C22H20F3N3O3. The predicted molar refractivity (Wildman–Crippen MR) is 108 cm³/mol. The highest BCUT2D eigenvalue weighted by atomic mass is 19.4. The van der Waals surface area contributed by atoms with Gasteiger partial charge in [-0.1, -0.05) is 18.2 Å². The first-order valence-electron chi connectivity index (χ1n) is 9.66. The molecule has 1 fully saturated rings.